The molecule has 0 rings (SSSR count). The first-order valence-electron chi connectivity index (χ1n) is 6.46. The SMILES string of the molecule is CC(C)(CO)CCCCC(=O)CC(C)(C)CO. The lowest BCUT2D eigenvalue weighted by molar-refractivity contribution is -0.121. The maximum atomic E-state index is 11.7. The van der Waals surface area contributed by atoms with Crippen molar-refractivity contribution in [3.63, 3.8) is 0 Å². The largest absolute Gasteiger partial charge is 0.396 e. The zero-order valence-electron chi connectivity index (χ0n) is 11.8. The quantitative estimate of drug-likeness (QED) is 0.613. The van der Waals surface area contributed by atoms with Crippen molar-refractivity contribution < 1.29 is 15.0 Å². The fourth-order valence-electron chi connectivity index (χ4n) is 1.68. The van der Waals surface area contributed by atoms with E-state index in [9.17, 15) is 4.79 Å². The minimum Gasteiger partial charge on any atom is -0.396 e. The molecule has 0 saturated carbocycles. The monoisotopic (exact) mass is 244 g/mol. The second kappa shape index (κ2) is 7.12. The summed E-state index contributed by atoms with van der Waals surface area (Å²) < 4.78 is 0. The summed E-state index contributed by atoms with van der Waals surface area (Å²) in [4.78, 5) is 11.7. The van der Waals surface area contributed by atoms with Gasteiger partial charge in [0.25, 0.3) is 0 Å². The Labute approximate surface area is 105 Å². The van der Waals surface area contributed by atoms with Gasteiger partial charge >= 0.3 is 0 Å². The lowest BCUT2D eigenvalue weighted by Gasteiger charge is -2.22. The van der Waals surface area contributed by atoms with E-state index in [1.54, 1.807) is 0 Å². The van der Waals surface area contributed by atoms with Gasteiger partial charge in [0.05, 0.1) is 0 Å². The molecule has 0 aliphatic carbocycles. The third-order valence-electron chi connectivity index (χ3n) is 3.09. The lowest BCUT2D eigenvalue weighted by Crippen LogP contribution is -2.21. The Morgan fingerprint density at radius 2 is 1.47 bits per heavy atom. The molecule has 0 atom stereocenters. The van der Waals surface area contributed by atoms with Gasteiger partial charge in [0.2, 0.25) is 0 Å². The zero-order chi connectivity index (χ0) is 13.5. The molecule has 0 fully saturated rings. The smallest absolute Gasteiger partial charge is 0.133 e. The molecule has 0 saturated heterocycles. The van der Waals surface area contributed by atoms with Crippen molar-refractivity contribution in [3.8, 4) is 0 Å². The van der Waals surface area contributed by atoms with Gasteiger partial charge < -0.3 is 10.2 Å². The van der Waals surface area contributed by atoms with Crippen LogP contribution < -0.4 is 0 Å². The van der Waals surface area contributed by atoms with Crippen molar-refractivity contribution in [2.24, 2.45) is 10.8 Å². The number of carbonyl (C=O) groups is 1. The number of hydrogen-bond donors (Lipinski definition) is 2. The van der Waals surface area contributed by atoms with Crippen molar-refractivity contribution in [1.82, 2.24) is 0 Å². The predicted molar refractivity (Wildman–Crippen MR) is 69.8 cm³/mol. The minimum absolute atomic E-state index is 0.0343. The summed E-state index contributed by atoms with van der Waals surface area (Å²) in [5.41, 5.74) is -0.325. The number of aliphatic hydroxyl groups is 2. The van der Waals surface area contributed by atoms with Crippen LogP contribution in [0.4, 0.5) is 0 Å². The van der Waals surface area contributed by atoms with Crippen LogP contribution in [0.25, 0.3) is 0 Å². The fourth-order valence-corrected chi connectivity index (χ4v) is 1.68. The van der Waals surface area contributed by atoms with E-state index < -0.39 is 0 Å². The molecule has 0 aliphatic rings. The summed E-state index contributed by atoms with van der Waals surface area (Å²) in [5.74, 6) is 0.228. The summed E-state index contributed by atoms with van der Waals surface area (Å²) >= 11 is 0. The number of ketones is 1. The Balaban J connectivity index is 3.73. The average Bonchev–Trinajstić information content (AvgIpc) is 2.24. The zero-order valence-corrected chi connectivity index (χ0v) is 11.8. The molecule has 17 heavy (non-hydrogen) atoms. The van der Waals surface area contributed by atoms with Gasteiger partial charge in [-0.25, -0.2) is 0 Å². The van der Waals surface area contributed by atoms with Crippen LogP contribution in [0.1, 0.15) is 59.8 Å². The Kier molecular flexibility index (Phi) is 6.95. The first-order chi connectivity index (χ1) is 7.72. The molecule has 2 N–H and O–H groups in total. The van der Waals surface area contributed by atoms with Crippen LogP contribution in [0.3, 0.4) is 0 Å². The van der Waals surface area contributed by atoms with E-state index >= 15 is 0 Å². The molecule has 0 bridgehead atoms. The standard InChI is InChI=1S/C14H28O3/c1-13(2,10-15)8-6-5-7-12(17)9-14(3,4)11-16/h15-16H,5-11H2,1-4H3. The highest BCUT2D eigenvalue weighted by Crippen LogP contribution is 2.24. The van der Waals surface area contributed by atoms with E-state index in [4.69, 9.17) is 10.2 Å². The van der Waals surface area contributed by atoms with Crippen molar-refractivity contribution >= 4 is 5.78 Å². The molecule has 0 heterocycles. The van der Waals surface area contributed by atoms with Gasteiger partial charge in [-0.2, -0.15) is 0 Å². The molecule has 0 aromatic carbocycles. The fraction of sp³-hybridized carbons (Fsp3) is 0.929. The van der Waals surface area contributed by atoms with Crippen LogP contribution in [-0.2, 0) is 4.79 Å². The van der Waals surface area contributed by atoms with E-state index in [0.29, 0.717) is 12.8 Å². The topological polar surface area (TPSA) is 57.5 Å². The predicted octanol–water partition coefficient (Wildman–Crippen LogP) is 2.54. The lowest BCUT2D eigenvalue weighted by atomic mass is 9.85. The minimum atomic E-state index is -0.290. The first kappa shape index (κ1) is 16.6. The van der Waals surface area contributed by atoms with Gasteiger partial charge in [-0.05, 0) is 23.7 Å². The third-order valence-corrected chi connectivity index (χ3v) is 3.09. The first-order valence-corrected chi connectivity index (χ1v) is 6.46. The van der Waals surface area contributed by atoms with Gasteiger partial charge in [-0.3, -0.25) is 4.79 Å². The maximum Gasteiger partial charge on any atom is 0.133 e. The Hall–Kier alpha value is -0.410. The molecule has 0 aliphatic heterocycles. The molecule has 0 unspecified atom stereocenters. The molecular weight excluding hydrogens is 216 g/mol. The number of aliphatic hydroxyl groups excluding tert-OH is 2. The van der Waals surface area contributed by atoms with Crippen LogP contribution >= 0.6 is 0 Å². The Morgan fingerprint density at radius 3 is 1.94 bits per heavy atom. The molecule has 102 valence electrons. The van der Waals surface area contributed by atoms with Crippen LogP contribution in [0.5, 0.6) is 0 Å². The highest BCUT2D eigenvalue weighted by molar-refractivity contribution is 5.78. The van der Waals surface area contributed by atoms with Crippen LogP contribution in [0.2, 0.25) is 0 Å². The highest BCUT2D eigenvalue weighted by atomic mass is 16.3. The maximum absolute atomic E-state index is 11.7. The molecule has 0 aromatic heterocycles. The van der Waals surface area contributed by atoms with Crippen LogP contribution in [0.15, 0.2) is 0 Å². The number of rotatable bonds is 9. The van der Waals surface area contributed by atoms with Crippen molar-refractivity contribution in [2.75, 3.05) is 13.2 Å². The number of carbonyl (C=O) groups excluding carboxylic acids is 1. The molecule has 0 aromatic rings. The molecule has 0 radical (unpaired) electrons. The normalized spacial score (nSPS) is 12.8. The highest BCUT2D eigenvalue weighted by Gasteiger charge is 2.21. The molecular formula is C14H28O3. The average molecular weight is 244 g/mol. The van der Waals surface area contributed by atoms with Crippen LogP contribution in [-0.4, -0.2) is 29.2 Å². The Morgan fingerprint density at radius 1 is 0.941 bits per heavy atom. The van der Waals surface area contributed by atoms with Crippen molar-refractivity contribution in [2.45, 2.75) is 59.8 Å². The summed E-state index contributed by atoms with van der Waals surface area (Å²) in [7, 11) is 0. The summed E-state index contributed by atoms with van der Waals surface area (Å²) in [5, 5.41) is 18.2. The number of hydrogen-bond acceptors (Lipinski definition) is 3. The summed E-state index contributed by atoms with van der Waals surface area (Å²) in [6.45, 7) is 8.11. The van der Waals surface area contributed by atoms with Crippen LogP contribution in [0, 0.1) is 10.8 Å². The van der Waals surface area contributed by atoms with E-state index in [1.807, 2.05) is 27.7 Å². The van der Waals surface area contributed by atoms with Gasteiger partial charge in [-0.15, -0.1) is 0 Å². The third kappa shape index (κ3) is 8.33. The van der Waals surface area contributed by atoms with E-state index in [2.05, 4.69) is 0 Å². The molecule has 0 amide bonds. The van der Waals surface area contributed by atoms with E-state index in [-0.39, 0.29) is 29.8 Å². The van der Waals surface area contributed by atoms with Gasteiger partial charge in [0.15, 0.2) is 0 Å². The second-order valence-corrected chi connectivity index (χ2v) is 6.57. The van der Waals surface area contributed by atoms with Crippen molar-refractivity contribution in [3.05, 3.63) is 0 Å². The number of Topliss-reactive ketones (excluding diaryl/α,β-unsaturated/α-hetero) is 1. The Bertz CT molecular complexity index is 232. The molecule has 3 nitrogen and oxygen atoms in total. The summed E-state index contributed by atoms with van der Waals surface area (Å²) in [6, 6.07) is 0. The van der Waals surface area contributed by atoms with Gasteiger partial charge in [0, 0.05) is 26.1 Å². The van der Waals surface area contributed by atoms with Gasteiger partial charge in [0.1, 0.15) is 5.78 Å². The summed E-state index contributed by atoms with van der Waals surface area (Å²) in [6.07, 6.45) is 3.83. The van der Waals surface area contributed by atoms with Gasteiger partial charge in [-0.1, -0.05) is 34.1 Å². The van der Waals surface area contributed by atoms with Crippen molar-refractivity contribution in [1.29, 1.82) is 0 Å². The van der Waals surface area contributed by atoms with E-state index in [0.717, 1.165) is 19.3 Å². The number of unbranched alkanes of at least 4 members (excludes halogenated alkanes) is 1. The molecule has 3 heteroatoms. The molecule has 0 spiro atoms. The second-order valence-electron chi connectivity index (χ2n) is 6.57. The van der Waals surface area contributed by atoms with E-state index in [1.165, 1.54) is 0 Å².